The molecule has 4 rings (SSSR count). The SMILES string of the molecule is O=C(NNC(=O)c1cc(Br)c[nH]1)C1=NN(c2ccccc2)C(c2ccccc2)C1. The number of benzene rings is 2. The van der Waals surface area contributed by atoms with E-state index in [1.165, 1.54) is 0 Å². The van der Waals surface area contributed by atoms with Crippen molar-refractivity contribution in [2.24, 2.45) is 5.10 Å². The molecule has 0 saturated heterocycles. The van der Waals surface area contributed by atoms with Gasteiger partial charge in [0.05, 0.1) is 11.7 Å². The molecule has 2 aromatic carbocycles. The number of rotatable bonds is 4. The third-order valence-electron chi connectivity index (χ3n) is 4.56. The molecular weight excluding hydrogens is 434 g/mol. The number of para-hydroxylation sites is 1. The first-order valence-electron chi connectivity index (χ1n) is 9.03. The van der Waals surface area contributed by atoms with E-state index < -0.39 is 11.8 Å². The Morgan fingerprint density at radius 1 is 1.00 bits per heavy atom. The van der Waals surface area contributed by atoms with Gasteiger partial charge in [-0.15, -0.1) is 0 Å². The van der Waals surface area contributed by atoms with Crippen molar-refractivity contribution in [3.05, 3.63) is 88.7 Å². The molecule has 1 aromatic heterocycles. The van der Waals surface area contributed by atoms with Crippen molar-refractivity contribution in [2.45, 2.75) is 12.5 Å². The fourth-order valence-electron chi connectivity index (χ4n) is 3.15. The van der Waals surface area contributed by atoms with Crippen LogP contribution in [0.2, 0.25) is 0 Å². The van der Waals surface area contributed by atoms with Crippen LogP contribution in [-0.4, -0.2) is 22.5 Å². The van der Waals surface area contributed by atoms with E-state index in [1.807, 2.05) is 65.7 Å². The van der Waals surface area contributed by atoms with Crippen LogP contribution in [0.15, 0.2) is 82.5 Å². The normalized spacial score (nSPS) is 15.7. The Labute approximate surface area is 175 Å². The molecule has 8 heteroatoms. The number of hydrogen-bond donors (Lipinski definition) is 3. The highest BCUT2D eigenvalue weighted by Gasteiger charge is 2.32. The number of H-pyrrole nitrogens is 1. The van der Waals surface area contributed by atoms with Crippen molar-refractivity contribution < 1.29 is 9.59 Å². The monoisotopic (exact) mass is 451 g/mol. The van der Waals surface area contributed by atoms with Crippen LogP contribution >= 0.6 is 15.9 Å². The summed E-state index contributed by atoms with van der Waals surface area (Å²) in [6, 6.07) is 21.1. The van der Waals surface area contributed by atoms with Crippen molar-refractivity contribution >= 4 is 39.1 Å². The Bertz CT molecular complexity index is 1050. The number of halogens is 1. The van der Waals surface area contributed by atoms with Crippen molar-refractivity contribution in [3.63, 3.8) is 0 Å². The minimum Gasteiger partial charge on any atom is -0.356 e. The molecule has 1 aliphatic rings. The van der Waals surface area contributed by atoms with Gasteiger partial charge in [-0.2, -0.15) is 5.10 Å². The zero-order valence-electron chi connectivity index (χ0n) is 15.3. The Morgan fingerprint density at radius 2 is 1.66 bits per heavy atom. The van der Waals surface area contributed by atoms with E-state index >= 15 is 0 Å². The van der Waals surface area contributed by atoms with Gasteiger partial charge in [0.25, 0.3) is 11.8 Å². The standard InChI is InChI=1S/C21H18BrN5O2/c22-15-11-17(23-13-15)20(28)24-25-21(29)18-12-19(14-7-3-1-4-8-14)27(26-18)16-9-5-2-6-10-16/h1-11,13,19,23H,12H2,(H,24,28)(H,25,29). The highest BCUT2D eigenvalue weighted by molar-refractivity contribution is 9.10. The first-order chi connectivity index (χ1) is 14.1. The molecular formula is C21H18BrN5O2. The number of anilines is 1. The summed E-state index contributed by atoms with van der Waals surface area (Å²) in [5.74, 6) is -0.884. The lowest BCUT2D eigenvalue weighted by molar-refractivity contribution is -0.115. The second-order valence-electron chi connectivity index (χ2n) is 6.50. The van der Waals surface area contributed by atoms with Crippen LogP contribution in [0.5, 0.6) is 0 Å². The van der Waals surface area contributed by atoms with E-state index in [4.69, 9.17) is 0 Å². The van der Waals surface area contributed by atoms with Crippen LogP contribution in [0.3, 0.4) is 0 Å². The lowest BCUT2D eigenvalue weighted by Gasteiger charge is -2.23. The summed E-state index contributed by atoms with van der Waals surface area (Å²) in [6.45, 7) is 0. The maximum atomic E-state index is 12.6. The number of hydrogen-bond acceptors (Lipinski definition) is 4. The Kier molecular flexibility index (Phi) is 5.44. The maximum absolute atomic E-state index is 12.6. The van der Waals surface area contributed by atoms with Gasteiger partial charge in [0.1, 0.15) is 11.4 Å². The van der Waals surface area contributed by atoms with Crippen LogP contribution in [0.25, 0.3) is 0 Å². The van der Waals surface area contributed by atoms with Gasteiger partial charge in [-0.3, -0.25) is 25.4 Å². The molecule has 0 bridgehead atoms. The third kappa shape index (κ3) is 4.22. The lowest BCUT2D eigenvalue weighted by atomic mass is 10.0. The topological polar surface area (TPSA) is 89.6 Å². The van der Waals surface area contributed by atoms with Crippen LogP contribution in [-0.2, 0) is 4.79 Å². The molecule has 3 aromatic rings. The van der Waals surface area contributed by atoms with Gasteiger partial charge in [0, 0.05) is 17.1 Å². The van der Waals surface area contributed by atoms with Crippen LogP contribution in [0.1, 0.15) is 28.5 Å². The number of nitrogens with zero attached hydrogens (tertiary/aromatic N) is 2. The molecule has 0 spiro atoms. The summed E-state index contributed by atoms with van der Waals surface area (Å²) >= 11 is 3.27. The van der Waals surface area contributed by atoms with E-state index in [2.05, 4.69) is 36.9 Å². The molecule has 0 saturated carbocycles. The van der Waals surface area contributed by atoms with E-state index in [0.29, 0.717) is 17.8 Å². The maximum Gasteiger partial charge on any atom is 0.286 e. The highest BCUT2D eigenvalue weighted by Crippen LogP contribution is 2.34. The first-order valence-corrected chi connectivity index (χ1v) is 9.82. The fraction of sp³-hybridized carbons (Fsp3) is 0.0952. The molecule has 2 heterocycles. The van der Waals surface area contributed by atoms with Crippen LogP contribution in [0, 0.1) is 0 Å². The molecule has 1 unspecified atom stereocenters. The number of nitrogens with one attached hydrogen (secondary N) is 3. The van der Waals surface area contributed by atoms with Crippen molar-refractivity contribution in [1.82, 2.24) is 15.8 Å². The Balaban J connectivity index is 1.50. The van der Waals surface area contributed by atoms with Crippen LogP contribution in [0.4, 0.5) is 5.69 Å². The van der Waals surface area contributed by atoms with Gasteiger partial charge in [-0.1, -0.05) is 48.5 Å². The third-order valence-corrected chi connectivity index (χ3v) is 5.02. The number of carbonyl (C=O) groups excluding carboxylic acids is 2. The summed E-state index contributed by atoms with van der Waals surface area (Å²) in [7, 11) is 0. The predicted molar refractivity (Wildman–Crippen MR) is 114 cm³/mol. The average molecular weight is 452 g/mol. The minimum absolute atomic E-state index is 0.102. The fourth-order valence-corrected chi connectivity index (χ4v) is 3.50. The Hall–Kier alpha value is -3.39. The number of aromatic nitrogens is 1. The number of amides is 2. The quantitative estimate of drug-likeness (QED) is 0.529. The molecule has 0 aliphatic carbocycles. The van der Waals surface area contributed by atoms with Gasteiger partial charge in [-0.25, -0.2) is 0 Å². The zero-order valence-corrected chi connectivity index (χ0v) is 16.9. The smallest absolute Gasteiger partial charge is 0.286 e. The molecule has 0 fully saturated rings. The summed E-state index contributed by atoms with van der Waals surface area (Å²) in [5, 5.41) is 6.38. The second-order valence-corrected chi connectivity index (χ2v) is 7.41. The molecule has 1 atom stereocenters. The van der Waals surface area contributed by atoms with Gasteiger partial charge < -0.3 is 4.98 Å². The van der Waals surface area contributed by atoms with Gasteiger partial charge >= 0.3 is 0 Å². The van der Waals surface area contributed by atoms with Gasteiger partial charge in [0.15, 0.2) is 0 Å². The first kappa shape index (κ1) is 18.9. The Morgan fingerprint density at radius 3 is 2.31 bits per heavy atom. The summed E-state index contributed by atoms with van der Waals surface area (Å²) in [5.41, 5.74) is 7.48. The van der Waals surface area contributed by atoms with E-state index in [-0.39, 0.29) is 6.04 Å². The van der Waals surface area contributed by atoms with Crippen molar-refractivity contribution in [2.75, 3.05) is 5.01 Å². The number of hydrazone groups is 1. The number of carbonyl (C=O) groups is 2. The van der Waals surface area contributed by atoms with Crippen LogP contribution < -0.4 is 15.9 Å². The molecule has 2 amide bonds. The molecule has 1 aliphatic heterocycles. The summed E-state index contributed by atoms with van der Waals surface area (Å²) in [4.78, 5) is 27.6. The molecule has 3 N–H and O–H groups in total. The van der Waals surface area contributed by atoms with E-state index in [0.717, 1.165) is 15.7 Å². The van der Waals surface area contributed by atoms with Crippen molar-refractivity contribution in [1.29, 1.82) is 0 Å². The van der Waals surface area contributed by atoms with E-state index in [9.17, 15) is 9.59 Å². The average Bonchev–Trinajstić information content (AvgIpc) is 3.40. The predicted octanol–water partition coefficient (Wildman–Crippen LogP) is 3.55. The lowest BCUT2D eigenvalue weighted by Crippen LogP contribution is -2.44. The van der Waals surface area contributed by atoms with Crippen molar-refractivity contribution in [3.8, 4) is 0 Å². The summed E-state index contributed by atoms with van der Waals surface area (Å²) < 4.78 is 0.748. The second kappa shape index (κ2) is 8.32. The van der Waals surface area contributed by atoms with Gasteiger partial charge in [0.2, 0.25) is 0 Å². The largest absolute Gasteiger partial charge is 0.356 e. The van der Waals surface area contributed by atoms with E-state index in [1.54, 1.807) is 12.3 Å². The number of aromatic amines is 1. The molecule has 7 nitrogen and oxygen atoms in total. The molecule has 146 valence electrons. The summed E-state index contributed by atoms with van der Waals surface area (Å²) in [6.07, 6.45) is 2.06. The molecule has 29 heavy (non-hydrogen) atoms. The minimum atomic E-state index is -0.442. The highest BCUT2D eigenvalue weighted by atomic mass is 79.9. The number of hydrazine groups is 1. The molecule has 0 radical (unpaired) electrons. The van der Waals surface area contributed by atoms with Gasteiger partial charge in [-0.05, 0) is 39.7 Å². The zero-order chi connectivity index (χ0) is 20.2.